The summed E-state index contributed by atoms with van der Waals surface area (Å²) in [4.78, 5) is 38.1. The Hall–Kier alpha value is -3.15. The average Bonchev–Trinajstić information content (AvgIpc) is 3.34. The van der Waals surface area contributed by atoms with Crippen molar-refractivity contribution in [1.82, 2.24) is 0 Å². The Bertz CT molecular complexity index is 1270. The topological polar surface area (TPSA) is 78.9 Å². The molecule has 0 heterocycles. The molecule has 0 radical (unpaired) electrons. The maximum atomic E-state index is 12.8. The number of hydrogen-bond donors (Lipinski definition) is 0. The van der Waals surface area contributed by atoms with Crippen LogP contribution in [0.4, 0.5) is 0 Å². The molecule has 0 aliphatic heterocycles. The highest BCUT2D eigenvalue weighted by molar-refractivity contribution is 5.71. The van der Waals surface area contributed by atoms with Crippen LogP contribution >= 0.6 is 0 Å². The molecule has 0 aliphatic rings. The van der Waals surface area contributed by atoms with E-state index in [2.05, 4.69) is 93.7 Å². The number of hydrogen-bond acceptors (Lipinski definition) is 6. The Morgan fingerprint density at radius 3 is 0.897 bits per heavy atom. The summed E-state index contributed by atoms with van der Waals surface area (Å²) >= 11 is 0. The van der Waals surface area contributed by atoms with Gasteiger partial charge in [-0.2, -0.15) is 0 Å². The third-order valence-corrected chi connectivity index (χ3v) is 12.5. The maximum absolute atomic E-state index is 12.8. The highest BCUT2D eigenvalue weighted by Gasteiger charge is 2.19. The second-order valence-electron chi connectivity index (χ2n) is 19.2. The van der Waals surface area contributed by atoms with E-state index in [1.807, 2.05) is 0 Å². The number of unbranched alkanes of at least 4 members (excludes halogenated alkanes) is 29. The van der Waals surface area contributed by atoms with E-state index in [1.165, 1.54) is 141 Å². The first-order valence-electron chi connectivity index (χ1n) is 28.9. The molecule has 6 heteroatoms. The molecule has 0 aromatic rings. The maximum Gasteiger partial charge on any atom is 0.306 e. The molecular weight excluding hydrogens is 841 g/mol. The molecule has 6 nitrogen and oxygen atoms in total. The molecule has 0 saturated carbocycles. The van der Waals surface area contributed by atoms with Crippen molar-refractivity contribution >= 4 is 17.9 Å². The molecular formula is C62H108O6. The first kappa shape index (κ1) is 64.8. The molecule has 0 aromatic carbocycles. The van der Waals surface area contributed by atoms with Crippen LogP contribution in [0, 0.1) is 0 Å². The van der Waals surface area contributed by atoms with Crippen LogP contribution in [0.15, 0.2) is 72.9 Å². The van der Waals surface area contributed by atoms with Crippen molar-refractivity contribution in [2.75, 3.05) is 13.2 Å². The Labute approximate surface area is 421 Å². The highest BCUT2D eigenvalue weighted by atomic mass is 16.6. The second kappa shape index (κ2) is 56.4. The van der Waals surface area contributed by atoms with Gasteiger partial charge >= 0.3 is 17.9 Å². The van der Waals surface area contributed by atoms with E-state index >= 15 is 0 Å². The average molecular weight is 950 g/mol. The van der Waals surface area contributed by atoms with Gasteiger partial charge in [0.15, 0.2) is 6.10 Å². The fraction of sp³-hybridized carbons (Fsp3) is 0.758. The number of allylic oxidation sites excluding steroid dienone is 12. The Kier molecular flexibility index (Phi) is 53.8. The lowest BCUT2D eigenvalue weighted by atomic mass is 10.0. The molecule has 0 amide bonds. The molecule has 0 fully saturated rings. The smallest absolute Gasteiger partial charge is 0.306 e. The van der Waals surface area contributed by atoms with Crippen LogP contribution in [0.5, 0.6) is 0 Å². The van der Waals surface area contributed by atoms with Gasteiger partial charge < -0.3 is 14.2 Å². The van der Waals surface area contributed by atoms with Gasteiger partial charge in [0.25, 0.3) is 0 Å². The summed E-state index contributed by atoms with van der Waals surface area (Å²) in [5.41, 5.74) is 0. The summed E-state index contributed by atoms with van der Waals surface area (Å²) in [7, 11) is 0. The van der Waals surface area contributed by atoms with Gasteiger partial charge in [-0.05, 0) is 70.6 Å². The zero-order valence-corrected chi connectivity index (χ0v) is 44.9. The molecule has 1 unspecified atom stereocenters. The number of rotatable bonds is 52. The normalized spacial score (nSPS) is 12.6. The van der Waals surface area contributed by atoms with Crippen molar-refractivity contribution in [3.05, 3.63) is 72.9 Å². The standard InChI is InChI=1S/C62H108O6/c1-4-7-10-13-16-19-22-24-26-27-28-29-30-31-32-33-34-35-37-38-40-43-46-49-52-55-61(64)67-58-59(57-66-60(63)54-51-48-45-42-21-18-15-12-9-6-3)68-62(65)56-53-50-47-44-41-39-36-25-23-20-17-14-11-8-5-2/h7,10,16,19,24,26,28-29,31-32,34-35,59H,4-6,8-9,11-15,17-18,20-23,25,27,30,33,36-58H2,1-3H3/b10-7-,19-16-,26-24-,29-28-,32-31-,35-34-. The summed E-state index contributed by atoms with van der Waals surface area (Å²) in [5.74, 6) is -0.883. The number of esters is 3. The minimum Gasteiger partial charge on any atom is -0.462 e. The first-order chi connectivity index (χ1) is 33.5. The summed E-state index contributed by atoms with van der Waals surface area (Å²) < 4.78 is 16.8. The molecule has 0 rings (SSSR count). The quantitative estimate of drug-likeness (QED) is 0.0262. The predicted molar refractivity (Wildman–Crippen MR) is 293 cm³/mol. The van der Waals surface area contributed by atoms with E-state index in [0.29, 0.717) is 19.3 Å². The van der Waals surface area contributed by atoms with Gasteiger partial charge in [-0.25, -0.2) is 0 Å². The molecule has 0 aromatic heterocycles. The van der Waals surface area contributed by atoms with Crippen LogP contribution in [0.2, 0.25) is 0 Å². The van der Waals surface area contributed by atoms with Gasteiger partial charge in [-0.1, -0.05) is 267 Å². The van der Waals surface area contributed by atoms with Crippen molar-refractivity contribution in [3.63, 3.8) is 0 Å². The van der Waals surface area contributed by atoms with Crippen molar-refractivity contribution in [3.8, 4) is 0 Å². The van der Waals surface area contributed by atoms with Gasteiger partial charge in [0, 0.05) is 19.3 Å². The molecule has 0 aliphatic carbocycles. The zero-order valence-electron chi connectivity index (χ0n) is 44.9. The van der Waals surface area contributed by atoms with Gasteiger partial charge in [-0.15, -0.1) is 0 Å². The van der Waals surface area contributed by atoms with Crippen LogP contribution in [-0.2, 0) is 28.6 Å². The van der Waals surface area contributed by atoms with Crippen molar-refractivity contribution in [1.29, 1.82) is 0 Å². The van der Waals surface area contributed by atoms with Crippen LogP contribution < -0.4 is 0 Å². The van der Waals surface area contributed by atoms with Gasteiger partial charge in [0.05, 0.1) is 0 Å². The van der Waals surface area contributed by atoms with Crippen LogP contribution in [0.25, 0.3) is 0 Å². The fourth-order valence-corrected chi connectivity index (χ4v) is 8.15. The van der Waals surface area contributed by atoms with Crippen LogP contribution in [0.3, 0.4) is 0 Å². The highest BCUT2D eigenvalue weighted by Crippen LogP contribution is 2.16. The Balaban J connectivity index is 4.29. The van der Waals surface area contributed by atoms with Crippen molar-refractivity contribution in [2.24, 2.45) is 0 Å². The van der Waals surface area contributed by atoms with E-state index in [0.717, 1.165) is 103 Å². The molecule has 0 bridgehead atoms. The largest absolute Gasteiger partial charge is 0.462 e. The van der Waals surface area contributed by atoms with E-state index in [1.54, 1.807) is 0 Å². The van der Waals surface area contributed by atoms with Gasteiger partial charge in [0.1, 0.15) is 13.2 Å². The van der Waals surface area contributed by atoms with E-state index in [9.17, 15) is 14.4 Å². The lowest BCUT2D eigenvalue weighted by Crippen LogP contribution is -2.30. The van der Waals surface area contributed by atoms with Crippen molar-refractivity contribution < 1.29 is 28.6 Å². The van der Waals surface area contributed by atoms with E-state index in [-0.39, 0.29) is 31.1 Å². The van der Waals surface area contributed by atoms with E-state index in [4.69, 9.17) is 14.2 Å². The molecule has 0 N–H and O–H groups in total. The molecule has 1 atom stereocenters. The summed E-state index contributed by atoms with van der Waals surface area (Å²) in [6.07, 6.45) is 71.8. The predicted octanol–water partition coefficient (Wildman–Crippen LogP) is 19.4. The summed E-state index contributed by atoms with van der Waals surface area (Å²) in [5, 5.41) is 0. The lowest BCUT2D eigenvalue weighted by molar-refractivity contribution is -0.167. The van der Waals surface area contributed by atoms with Crippen molar-refractivity contribution in [2.45, 2.75) is 290 Å². The molecule has 0 saturated heterocycles. The van der Waals surface area contributed by atoms with E-state index < -0.39 is 6.10 Å². The van der Waals surface area contributed by atoms with Gasteiger partial charge in [0.2, 0.25) is 0 Å². The monoisotopic (exact) mass is 949 g/mol. The third-order valence-electron chi connectivity index (χ3n) is 12.5. The van der Waals surface area contributed by atoms with Crippen LogP contribution in [0.1, 0.15) is 284 Å². The SMILES string of the molecule is CC/C=C\C/C=C\C/C=C\C/C=C\C/C=C\C/C=C\CCCCCCCCC(=O)OCC(COC(=O)CCCCCCCCCCCC)OC(=O)CCCCCCCCCCCCCCCCC. The minimum atomic E-state index is -0.777. The number of carbonyl (C=O) groups excluding carboxylic acids is 3. The zero-order chi connectivity index (χ0) is 49.3. The Morgan fingerprint density at radius 1 is 0.309 bits per heavy atom. The third kappa shape index (κ3) is 53.8. The Morgan fingerprint density at radius 2 is 0.574 bits per heavy atom. The summed E-state index contributed by atoms with van der Waals surface area (Å²) in [6.45, 7) is 6.52. The number of ether oxygens (including phenoxy) is 3. The fourth-order valence-electron chi connectivity index (χ4n) is 8.15. The lowest BCUT2D eigenvalue weighted by Gasteiger charge is -2.18. The molecule has 392 valence electrons. The minimum absolute atomic E-state index is 0.0763. The molecule has 68 heavy (non-hydrogen) atoms. The number of carbonyl (C=O) groups is 3. The first-order valence-corrected chi connectivity index (χ1v) is 28.9. The second-order valence-corrected chi connectivity index (χ2v) is 19.2. The van der Waals surface area contributed by atoms with Gasteiger partial charge in [-0.3, -0.25) is 14.4 Å². The van der Waals surface area contributed by atoms with Crippen LogP contribution in [-0.4, -0.2) is 37.2 Å². The summed E-state index contributed by atoms with van der Waals surface area (Å²) in [6, 6.07) is 0. The molecule has 0 spiro atoms.